The van der Waals surface area contributed by atoms with Crippen molar-refractivity contribution >= 4 is 22.7 Å². The topological polar surface area (TPSA) is 46.5 Å². The normalized spacial score (nSPS) is 12.7. The smallest absolute Gasteiger partial charge is 0.204 e. The fraction of sp³-hybridized carbons (Fsp3) is 0.200. The lowest BCUT2D eigenvalue weighted by Gasteiger charge is -2.13. The molecule has 0 saturated heterocycles. The third-order valence-electron chi connectivity index (χ3n) is 4.16. The largest absolute Gasteiger partial charge is 0.494 e. The Labute approximate surface area is 151 Å². The zero-order chi connectivity index (χ0) is 17.1. The molecule has 3 aromatic rings. The van der Waals surface area contributed by atoms with E-state index in [1.54, 1.807) is 17.6 Å². The van der Waals surface area contributed by atoms with Crippen molar-refractivity contribution in [3.8, 4) is 17.0 Å². The highest BCUT2D eigenvalue weighted by molar-refractivity contribution is 7.16. The zero-order valence-electron chi connectivity index (χ0n) is 14.0. The van der Waals surface area contributed by atoms with Crippen LogP contribution in [0, 0.1) is 0 Å². The molecule has 0 radical (unpaired) electrons. The lowest BCUT2D eigenvalue weighted by atomic mass is 9.94. The van der Waals surface area contributed by atoms with Crippen LogP contribution < -0.4 is 10.2 Å². The maximum atomic E-state index is 5.44. The van der Waals surface area contributed by atoms with Gasteiger partial charge in [0.15, 0.2) is 0 Å². The van der Waals surface area contributed by atoms with Crippen molar-refractivity contribution in [2.75, 3.05) is 12.0 Å². The van der Waals surface area contributed by atoms with Crippen molar-refractivity contribution in [3.63, 3.8) is 0 Å². The van der Waals surface area contributed by atoms with Crippen LogP contribution in [0.3, 0.4) is 0 Å². The molecular weight excluding hydrogens is 330 g/mol. The number of thiazole rings is 1. The Kier molecular flexibility index (Phi) is 4.48. The van der Waals surface area contributed by atoms with Crippen LogP contribution >= 0.6 is 11.3 Å². The molecule has 5 heteroatoms. The second-order valence-corrected chi connectivity index (χ2v) is 6.90. The molecule has 0 saturated carbocycles. The number of aromatic nitrogens is 1. The molecule has 4 nitrogen and oxygen atoms in total. The van der Waals surface area contributed by atoms with Crippen LogP contribution in [0.4, 0.5) is 5.13 Å². The van der Waals surface area contributed by atoms with Crippen LogP contribution in [0.1, 0.15) is 22.9 Å². The Bertz CT molecular complexity index is 900. The van der Waals surface area contributed by atoms with Crippen LogP contribution in [0.15, 0.2) is 53.6 Å². The Morgan fingerprint density at radius 2 is 2.00 bits per heavy atom. The third kappa shape index (κ3) is 3.42. The van der Waals surface area contributed by atoms with Gasteiger partial charge in [-0.3, -0.25) is 5.43 Å². The minimum atomic E-state index is 0.673. The molecule has 0 bridgehead atoms. The van der Waals surface area contributed by atoms with E-state index in [0.717, 1.165) is 35.0 Å². The van der Waals surface area contributed by atoms with Gasteiger partial charge in [0.2, 0.25) is 5.13 Å². The van der Waals surface area contributed by atoms with Crippen molar-refractivity contribution < 1.29 is 4.74 Å². The summed E-state index contributed by atoms with van der Waals surface area (Å²) < 4.78 is 5.44. The standard InChI is InChI=1S/C20H19N3OS/c1-2-24-16-10-7-14(8-11-16)13-21-23-20-22-19-17-6-4-3-5-15(17)9-12-18(19)25-20/h3-8,10-11,13H,2,9,12H2,1H3,(H,22,23)/b21-13-. The Hall–Kier alpha value is -2.66. The van der Waals surface area contributed by atoms with Crippen molar-refractivity contribution in [1.29, 1.82) is 0 Å². The number of hydrazone groups is 1. The fourth-order valence-corrected chi connectivity index (χ4v) is 3.90. The predicted molar refractivity (Wildman–Crippen MR) is 104 cm³/mol. The molecule has 0 amide bonds. The van der Waals surface area contributed by atoms with Crippen LogP contribution in [0.25, 0.3) is 11.3 Å². The monoisotopic (exact) mass is 349 g/mol. The van der Waals surface area contributed by atoms with E-state index in [4.69, 9.17) is 9.72 Å². The summed E-state index contributed by atoms with van der Waals surface area (Å²) in [4.78, 5) is 6.07. The van der Waals surface area contributed by atoms with E-state index in [-0.39, 0.29) is 0 Å². The van der Waals surface area contributed by atoms with Crippen molar-refractivity contribution in [1.82, 2.24) is 4.98 Å². The molecule has 25 heavy (non-hydrogen) atoms. The highest BCUT2D eigenvalue weighted by atomic mass is 32.1. The lowest BCUT2D eigenvalue weighted by Crippen LogP contribution is -2.01. The number of nitrogens with zero attached hydrogens (tertiary/aromatic N) is 2. The maximum Gasteiger partial charge on any atom is 0.204 e. The van der Waals surface area contributed by atoms with Gasteiger partial charge in [-0.05, 0) is 55.2 Å². The molecular formula is C20H19N3OS. The van der Waals surface area contributed by atoms with Gasteiger partial charge in [0.1, 0.15) is 5.75 Å². The fourth-order valence-electron chi connectivity index (χ4n) is 2.98. The van der Waals surface area contributed by atoms with Gasteiger partial charge in [-0.2, -0.15) is 5.10 Å². The Morgan fingerprint density at radius 3 is 2.84 bits per heavy atom. The first-order chi connectivity index (χ1) is 12.3. The van der Waals surface area contributed by atoms with E-state index in [1.807, 2.05) is 31.2 Å². The number of nitrogens with one attached hydrogen (secondary N) is 1. The first kappa shape index (κ1) is 15.8. The summed E-state index contributed by atoms with van der Waals surface area (Å²) in [6.45, 7) is 2.65. The lowest BCUT2D eigenvalue weighted by molar-refractivity contribution is 0.340. The molecule has 0 unspecified atom stereocenters. The van der Waals surface area contributed by atoms with E-state index in [1.165, 1.54) is 16.0 Å². The zero-order valence-corrected chi connectivity index (χ0v) is 14.8. The van der Waals surface area contributed by atoms with Crippen molar-refractivity contribution in [3.05, 3.63) is 64.5 Å². The molecule has 1 aliphatic carbocycles. The summed E-state index contributed by atoms with van der Waals surface area (Å²) in [6.07, 6.45) is 3.93. The van der Waals surface area contributed by atoms with Crippen LogP contribution in [0.2, 0.25) is 0 Å². The third-order valence-corrected chi connectivity index (χ3v) is 5.18. The quantitative estimate of drug-likeness (QED) is 0.534. The van der Waals surface area contributed by atoms with E-state index < -0.39 is 0 Å². The Morgan fingerprint density at radius 1 is 1.16 bits per heavy atom. The molecule has 0 spiro atoms. The number of fused-ring (bicyclic) bond motifs is 3. The van der Waals surface area contributed by atoms with Crippen molar-refractivity contribution in [2.45, 2.75) is 19.8 Å². The minimum Gasteiger partial charge on any atom is -0.494 e. The summed E-state index contributed by atoms with van der Waals surface area (Å²) >= 11 is 1.69. The highest BCUT2D eigenvalue weighted by Gasteiger charge is 2.20. The number of hydrogen-bond donors (Lipinski definition) is 1. The maximum absolute atomic E-state index is 5.44. The molecule has 4 rings (SSSR count). The molecule has 2 aromatic carbocycles. The van der Waals surface area contributed by atoms with Crippen molar-refractivity contribution in [2.24, 2.45) is 5.10 Å². The van der Waals surface area contributed by atoms with E-state index in [0.29, 0.717) is 6.61 Å². The number of anilines is 1. The molecule has 126 valence electrons. The van der Waals surface area contributed by atoms with Gasteiger partial charge in [0, 0.05) is 10.4 Å². The second kappa shape index (κ2) is 7.07. The van der Waals surface area contributed by atoms with Crippen LogP contribution in [-0.4, -0.2) is 17.8 Å². The van der Waals surface area contributed by atoms with E-state index in [2.05, 4.69) is 34.8 Å². The first-order valence-electron chi connectivity index (χ1n) is 8.43. The highest BCUT2D eigenvalue weighted by Crippen LogP contribution is 2.37. The number of ether oxygens (including phenoxy) is 1. The summed E-state index contributed by atoms with van der Waals surface area (Å²) in [7, 11) is 0. The number of aryl methyl sites for hydroxylation is 2. The van der Waals surface area contributed by atoms with Gasteiger partial charge in [-0.15, -0.1) is 0 Å². The molecule has 0 fully saturated rings. The Balaban J connectivity index is 1.47. The van der Waals surface area contributed by atoms with Gasteiger partial charge >= 0.3 is 0 Å². The SMILES string of the molecule is CCOc1ccc(/C=N\Nc2nc3c(s2)CCc2ccccc2-3)cc1. The van der Waals surface area contributed by atoms with Gasteiger partial charge in [-0.25, -0.2) is 4.98 Å². The molecule has 1 N–H and O–H groups in total. The average molecular weight is 349 g/mol. The van der Waals surface area contributed by atoms with Gasteiger partial charge in [0.05, 0.1) is 18.5 Å². The number of hydrogen-bond acceptors (Lipinski definition) is 5. The molecule has 0 aliphatic heterocycles. The average Bonchev–Trinajstić information content (AvgIpc) is 3.07. The van der Waals surface area contributed by atoms with Gasteiger partial charge in [0.25, 0.3) is 0 Å². The van der Waals surface area contributed by atoms with Gasteiger partial charge in [-0.1, -0.05) is 35.6 Å². The van der Waals surface area contributed by atoms with Crippen LogP contribution in [-0.2, 0) is 12.8 Å². The molecule has 1 heterocycles. The second-order valence-electron chi connectivity index (χ2n) is 5.82. The summed E-state index contributed by atoms with van der Waals surface area (Å²) in [5, 5.41) is 5.16. The van der Waals surface area contributed by atoms with E-state index >= 15 is 0 Å². The van der Waals surface area contributed by atoms with Crippen LogP contribution in [0.5, 0.6) is 5.75 Å². The summed E-state index contributed by atoms with van der Waals surface area (Å²) in [5.74, 6) is 0.874. The van der Waals surface area contributed by atoms with E-state index in [9.17, 15) is 0 Å². The molecule has 0 atom stereocenters. The number of benzene rings is 2. The molecule has 1 aromatic heterocycles. The minimum absolute atomic E-state index is 0.673. The summed E-state index contributed by atoms with van der Waals surface area (Å²) in [6, 6.07) is 16.4. The first-order valence-corrected chi connectivity index (χ1v) is 9.25. The summed E-state index contributed by atoms with van der Waals surface area (Å²) in [5.41, 5.74) is 7.82. The number of rotatable bonds is 5. The molecule has 1 aliphatic rings. The van der Waals surface area contributed by atoms with Gasteiger partial charge < -0.3 is 4.74 Å². The predicted octanol–water partition coefficient (Wildman–Crippen LogP) is 4.75.